The van der Waals surface area contributed by atoms with Gasteiger partial charge in [-0.05, 0) is 79.5 Å². The number of hydrogen-bond acceptors (Lipinski definition) is 5. The Labute approximate surface area is 203 Å². The molecule has 1 saturated carbocycles. The molecule has 3 aromatic rings. The van der Waals surface area contributed by atoms with Crippen LogP contribution in [0.4, 0.5) is 14.5 Å². The maximum absolute atomic E-state index is 14.7. The van der Waals surface area contributed by atoms with E-state index in [9.17, 15) is 13.6 Å². The standard InChI is InChI=1S/C27H30F2N4O2/c1-3-12-35-18-6-7-21(28)20(14-18)26-22(29)8-9-24(32-26)27(34)33-25-15-31-11-10-19(25)17-5-4-16(2)23(30)13-17/h6-11,14-17,23H,3-5,12-13,30H2,1-2H3,(H,33,34)/t16-,17+,23+/m0/s1. The van der Waals surface area contributed by atoms with Crippen LogP contribution in [0.3, 0.4) is 0 Å². The lowest BCUT2D eigenvalue weighted by Gasteiger charge is -2.32. The Morgan fingerprint density at radius 2 is 1.97 bits per heavy atom. The molecule has 1 amide bonds. The SMILES string of the molecule is CCCOc1ccc(F)c(-c2nc(C(=O)Nc3cnccc3[C@@H]3CC[C@H](C)[C@H](N)C3)ccc2F)c1. The number of anilines is 1. The highest BCUT2D eigenvalue weighted by atomic mass is 19.1. The van der Waals surface area contributed by atoms with Crippen molar-refractivity contribution < 1.29 is 18.3 Å². The Morgan fingerprint density at radius 3 is 2.74 bits per heavy atom. The zero-order chi connectivity index (χ0) is 24.9. The average Bonchev–Trinajstić information content (AvgIpc) is 2.86. The van der Waals surface area contributed by atoms with Crippen molar-refractivity contribution in [3.63, 3.8) is 0 Å². The van der Waals surface area contributed by atoms with Gasteiger partial charge >= 0.3 is 0 Å². The van der Waals surface area contributed by atoms with Gasteiger partial charge < -0.3 is 15.8 Å². The number of amides is 1. The molecule has 0 radical (unpaired) electrons. The molecule has 4 rings (SSSR count). The molecule has 1 aliphatic rings. The molecule has 35 heavy (non-hydrogen) atoms. The van der Waals surface area contributed by atoms with Gasteiger partial charge in [0.2, 0.25) is 0 Å². The number of carbonyl (C=O) groups is 1. The number of ether oxygens (including phenoxy) is 1. The molecule has 2 aromatic heterocycles. The first-order valence-electron chi connectivity index (χ1n) is 12.0. The van der Waals surface area contributed by atoms with Crippen LogP contribution in [0.2, 0.25) is 0 Å². The summed E-state index contributed by atoms with van der Waals surface area (Å²) in [4.78, 5) is 21.4. The highest BCUT2D eigenvalue weighted by Gasteiger charge is 2.28. The molecule has 3 N–H and O–H groups in total. The fourth-order valence-electron chi connectivity index (χ4n) is 4.44. The second-order valence-corrected chi connectivity index (χ2v) is 9.09. The van der Waals surface area contributed by atoms with Gasteiger partial charge in [0.1, 0.15) is 28.8 Å². The number of rotatable bonds is 7. The maximum atomic E-state index is 14.7. The molecular formula is C27H30F2N4O2. The van der Waals surface area contributed by atoms with Crippen molar-refractivity contribution in [2.75, 3.05) is 11.9 Å². The summed E-state index contributed by atoms with van der Waals surface area (Å²) >= 11 is 0. The van der Waals surface area contributed by atoms with Crippen LogP contribution in [0.15, 0.2) is 48.8 Å². The highest BCUT2D eigenvalue weighted by Crippen LogP contribution is 2.38. The van der Waals surface area contributed by atoms with Gasteiger partial charge in [0.25, 0.3) is 5.91 Å². The molecule has 184 valence electrons. The van der Waals surface area contributed by atoms with Crippen molar-refractivity contribution >= 4 is 11.6 Å². The fourth-order valence-corrected chi connectivity index (χ4v) is 4.44. The average molecular weight is 481 g/mol. The van der Waals surface area contributed by atoms with E-state index in [0.29, 0.717) is 24.0 Å². The smallest absolute Gasteiger partial charge is 0.274 e. The van der Waals surface area contributed by atoms with E-state index in [4.69, 9.17) is 10.5 Å². The fraction of sp³-hybridized carbons (Fsp3) is 0.370. The largest absolute Gasteiger partial charge is 0.494 e. The van der Waals surface area contributed by atoms with Crippen molar-refractivity contribution in [3.05, 3.63) is 71.7 Å². The van der Waals surface area contributed by atoms with Crippen molar-refractivity contribution in [1.29, 1.82) is 0 Å². The number of hydrogen-bond donors (Lipinski definition) is 2. The lowest BCUT2D eigenvalue weighted by Crippen LogP contribution is -2.34. The number of halogens is 2. The highest BCUT2D eigenvalue weighted by molar-refractivity contribution is 6.03. The molecule has 3 atom stereocenters. The molecule has 0 unspecified atom stereocenters. The van der Waals surface area contributed by atoms with E-state index in [1.54, 1.807) is 12.4 Å². The van der Waals surface area contributed by atoms with Crippen LogP contribution in [0.25, 0.3) is 11.3 Å². The summed E-state index contributed by atoms with van der Waals surface area (Å²) in [6, 6.07) is 8.45. The van der Waals surface area contributed by atoms with Crippen molar-refractivity contribution in [1.82, 2.24) is 9.97 Å². The van der Waals surface area contributed by atoms with Gasteiger partial charge in [-0.2, -0.15) is 0 Å². The number of benzene rings is 1. The monoisotopic (exact) mass is 480 g/mol. The zero-order valence-corrected chi connectivity index (χ0v) is 19.9. The van der Waals surface area contributed by atoms with Crippen LogP contribution in [0.5, 0.6) is 5.75 Å². The number of pyridine rings is 2. The van der Waals surface area contributed by atoms with Gasteiger partial charge in [0.05, 0.1) is 18.5 Å². The topological polar surface area (TPSA) is 90.1 Å². The minimum absolute atomic E-state index is 0.0375. The first kappa shape index (κ1) is 24.7. The van der Waals surface area contributed by atoms with Gasteiger partial charge in [0.15, 0.2) is 0 Å². The lowest BCUT2D eigenvalue weighted by molar-refractivity contribution is 0.102. The van der Waals surface area contributed by atoms with Gasteiger partial charge in [0, 0.05) is 17.8 Å². The van der Waals surface area contributed by atoms with E-state index >= 15 is 0 Å². The van der Waals surface area contributed by atoms with Crippen LogP contribution in [-0.2, 0) is 0 Å². The summed E-state index contributed by atoms with van der Waals surface area (Å²) in [5, 5.41) is 2.86. The predicted octanol–water partition coefficient (Wildman–Crippen LogP) is 5.69. The Bertz CT molecular complexity index is 1200. The molecule has 8 heteroatoms. The summed E-state index contributed by atoms with van der Waals surface area (Å²) in [6.07, 6.45) is 6.86. The van der Waals surface area contributed by atoms with Crippen LogP contribution in [-0.4, -0.2) is 28.5 Å². The van der Waals surface area contributed by atoms with E-state index < -0.39 is 17.5 Å². The summed E-state index contributed by atoms with van der Waals surface area (Å²) in [5.74, 6) is -0.863. The zero-order valence-electron chi connectivity index (χ0n) is 19.9. The van der Waals surface area contributed by atoms with Crippen LogP contribution in [0, 0.1) is 17.6 Å². The molecule has 1 aliphatic carbocycles. The number of nitrogens with zero attached hydrogens (tertiary/aromatic N) is 2. The van der Waals surface area contributed by atoms with E-state index in [1.807, 2.05) is 13.0 Å². The number of aromatic nitrogens is 2. The Kier molecular flexibility index (Phi) is 7.70. The Balaban J connectivity index is 1.60. The van der Waals surface area contributed by atoms with Crippen molar-refractivity contribution in [2.24, 2.45) is 11.7 Å². The summed E-state index contributed by atoms with van der Waals surface area (Å²) < 4.78 is 34.8. The molecule has 0 spiro atoms. The number of nitrogens with two attached hydrogens (primary N) is 1. The first-order chi connectivity index (χ1) is 16.9. The lowest BCUT2D eigenvalue weighted by atomic mass is 9.76. The Hall–Kier alpha value is -3.39. The molecule has 2 heterocycles. The minimum atomic E-state index is -0.736. The van der Waals surface area contributed by atoms with Gasteiger partial charge in [-0.1, -0.05) is 13.8 Å². The van der Waals surface area contributed by atoms with Gasteiger partial charge in [-0.15, -0.1) is 0 Å². The van der Waals surface area contributed by atoms with E-state index in [2.05, 4.69) is 22.2 Å². The summed E-state index contributed by atoms with van der Waals surface area (Å²) in [7, 11) is 0. The predicted molar refractivity (Wildman–Crippen MR) is 131 cm³/mol. The summed E-state index contributed by atoms with van der Waals surface area (Å²) in [5.41, 5.74) is 7.46. The van der Waals surface area contributed by atoms with E-state index in [-0.39, 0.29) is 28.9 Å². The van der Waals surface area contributed by atoms with Crippen LogP contribution < -0.4 is 15.8 Å². The Morgan fingerprint density at radius 1 is 1.17 bits per heavy atom. The molecular weight excluding hydrogens is 450 g/mol. The number of carbonyl (C=O) groups excluding carboxylic acids is 1. The third-order valence-corrected chi connectivity index (χ3v) is 6.55. The van der Waals surface area contributed by atoms with Gasteiger partial charge in [-0.25, -0.2) is 13.8 Å². The van der Waals surface area contributed by atoms with Crippen molar-refractivity contribution in [3.8, 4) is 17.0 Å². The molecule has 0 saturated heterocycles. The minimum Gasteiger partial charge on any atom is -0.494 e. The maximum Gasteiger partial charge on any atom is 0.274 e. The normalized spacial score (nSPS) is 19.9. The molecule has 6 nitrogen and oxygen atoms in total. The van der Waals surface area contributed by atoms with E-state index in [0.717, 1.165) is 37.3 Å². The quantitative estimate of drug-likeness (QED) is 0.453. The number of nitrogens with one attached hydrogen (secondary N) is 1. The third kappa shape index (κ3) is 5.65. The van der Waals surface area contributed by atoms with E-state index in [1.165, 1.54) is 24.3 Å². The first-order valence-corrected chi connectivity index (χ1v) is 12.0. The van der Waals surface area contributed by atoms with Crippen molar-refractivity contribution in [2.45, 2.75) is 51.5 Å². The molecule has 0 aliphatic heterocycles. The third-order valence-electron chi connectivity index (χ3n) is 6.55. The summed E-state index contributed by atoms with van der Waals surface area (Å²) in [6.45, 7) is 4.55. The molecule has 0 bridgehead atoms. The van der Waals surface area contributed by atoms with Crippen LogP contribution in [0.1, 0.15) is 61.5 Å². The van der Waals surface area contributed by atoms with Crippen LogP contribution >= 0.6 is 0 Å². The second kappa shape index (κ2) is 10.9. The molecule has 1 aromatic carbocycles. The molecule has 1 fully saturated rings. The second-order valence-electron chi connectivity index (χ2n) is 9.09. The van der Waals surface area contributed by atoms with Gasteiger partial charge in [-0.3, -0.25) is 9.78 Å².